The average molecular weight is 212 g/mol. The molecule has 0 unspecified atom stereocenters. The van der Waals surface area contributed by atoms with Gasteiger partial charge in [-0.3, -0.25) is 4.74 Å². The topological polar surface area (TPSA) is 75.8 Å². The van der Waals surface area contributed by atoms with Crippen LogP contribution in [0.2, 0.25) is 0 Å². The highest BCUT2D eigenvalue weighted by Gasteiger charge is 2.30. The minimum Gasteiger partial charge on any atom is -0.715 e. The summed E-state index contributed by atoms with van der Waals surface area (Å²) < 4.78 is 5.27. The van der Waals surface area contributed by atoms with Gasteiger partial charge in [-0.05, 0) is 6.08 Å². The first-order valence-electron chi connectivity index (χ1n) is 4.26. The fraction of sp³-hybridized carbons (Fsp3) is 0.333. The summed E-state index contributed by atoms with van der Waals surface area (Å²) in [6.45, 7) is 0.351. The van der Waals surface area contributed by atoms with Crippen molar-refractivity contribution in [3.63, 3.8) is 0 Å². The summed E-state index contributed by atoms with van der Waals surface area (Å²) in [5.41, 5.74) is -0.0693. The summed E-state index contributed by atoms with van der Waals surface area (Å²) in [5, 5.41) is 20.0. The lowest BCUT2D eigenvalue weighted by Crippen LogP contribution is -2.33. The lowest BCUT2D eigenvalue weighted by atomic mass is 10.4. The third-order valence-corrected chi connectivity index (χ3v) is 1.89. The van der Waals surface area contributed by atoms with Crippen LogP contribution in [0.25, 0.3) is 0 Å². The summed E-state index contributed by atoms with van der Waals surface area (Å²) in [7, 11) is 2.66. The molecule has 0 aromatic heterocycles. The van der Waals surface area contributed by atoms with Crippen LogP contribution in [0.5, 0.6) is 0 Å². The van der Waals surface area contributed by atoms with Gasteiger partial charge in [0.25, 0.3) is 5.84 Å². The van der Waals surface area contributed by atoms with Gasteiger partial charge in [-0.15, -0.1) is 0 Å². The summed E-state index contributed by atoms with van der Waals surface area (Å²) in [5.74, 6) is -0.861. The molecule has 1 aliphatic heterocycles. The largest absolute Gasteiger partial charge is 0.715 e. The van der Waals surface area contributed by atoms with Crippen molar-refractivity contribution in [1.29, 1.82) is 0 Å². The van der Waals surface area contributed by atoms with E-state index in [1.165, 1.54) is 19.1 Å². The van der Waals surface area contributed by atoms with E-state index in [2.05, 4.69) is 4.74 Å². The van der Waals surface area contributed by atoms with Gasteiger partial charge in [0, 0.05) is 6.08 Å². The van der Waals surface area contributed by atoms with E-state index in [0.717, 1.165) is 6.26 Å². The van der Waals surface area contributed by atoms with Crippen molar-refractivity contribution in [3.8, 4) is 0 Å². The molecule has 0 radical (unpaired) electrons. The smallest absolute Gasteiger partial charge is 0.379 e. The van der Waals surface area contributed by atoms with Gasteiger partial charge in [0.1, 0.15) is 12.8 Å². The summed E-state index contributed by atoms with van der Waals surface area (Å²) >= 11 is 0. The highest BCUT2D eigenvalue weighted by molar-refractivity contribution is 5.99. The van der Waals surface area contributed by atoms with Crippen molar-refractivity contribution in [2.75, 3.05) is 20.7 Å². The summed E-state index contributed by atoms with van der Waals surface area (Å²) in [6, 6.07) is 0. The number of ether oxygens (including phenoxy) is 1. The maximum atomic E-state index is 11.1. The van der Waals surface area contributed by atoms with Crippen molar-refractivity contribution < 1.29 is 19.4 Å². The van der Waals surface area contributed by atoms with E-state index >= 15 is 0 Å². The predicted octanol–water partition coefficient (Wildman–Crippen LogP) is -0.0308. The minimum atomic E-state index is -1.14. The molecule has 6 heteroatoms. The van der Waals surface area contributed by atoms with Crippen molar-refractivity contribution in [3.05, 3.63) is 29.3 Å². The lowest BCUT2D eigenvalue weighted by molar-refractivity contribution is -0.426. The number of amidine groups is 1. The fourth-order valence-electron chi connectivity index (χ4n) is 1.28. The van der Waals surface area contributed by atoms with Crippen LogP contribution in [0.15, 0.2) is 24.1 Å². The second-order valence-corrected chi connectivity index (χ2v) is 2.91. The van der Waals surface area contributed by atoms with Gasteiger partial charge in [0.05, 0.1) is 14.2 Å². The maximum absolute atomic E-state index is 11.1. The number of carboxylic acids is 1. The van der Waals surface area contributed by atoms with E-state index in [9.17, 15) is 10.0 Å². The SMILES string of the molecule is COC=C(C(=O)O)N1CC=CC1=[N+](C)[O-]. The third kappa shape index (κ3) is 2.28. The second kappa shape index (κ2) is 4.50. The van der Waals surface area contributed by atoms with Crippen molar-refractivity contribution in [2.24, 2.45) is 0 Å². The molecule has 0 bridgehead atoms. The molecule has 15 heavy (non-hydrogen) atoms. The fourth-order valence-corrected chi connectivity index (χ4v) is 1.28. The highest BCUT2D eigenvalue weighted by Crippen LogP contribution is 2.12. The molecule has 1 heterocycles. The van der Waals surface area contributed by atoms with Crippen LogP contribution in [0, 0.1) is 5.21 Å². The van der Waals surface area contributed by atoms with Crippen LogP contribution < -0.4 is 0 Å². The molecule has 1 rings (SSSR count). The molecule has 0 spiro atoms. The number of hydrogen-bond donors (Lipinski definition) is 1. The van der Waals surface area contributed by atoms with Gasteiger partial charge in [0.2, 0.25) is 5.70 Å². The summed E-state index contributed by atoms with van der Waals surface area (Å²) in [4.78, 5) is 12.3. The molecule has 0 atom stereocenters. The molecule has 0 fully saturated rings. The number of rotatable bonds is 3. The van der Waals surface area contributed by atoms with E-state index in [0.29, 0.717) is 11.3 Å². The number of hydroxylamine groups is 1. The van der Waals surface area contributed by atoms with Gasteiger partial charge in [0.15, 0.2) is 0 Å². The highest BCUT2D eigenvalue weighted by atomic mass is 16.5. The molecular formula is C9H12N2O4. The molecule has 1 N–H and O–H groups in total. The molecular weight excluding hydrogens is 200 g/mol. The molecule has 0 saturated carbocycles. The van der Waals surface area contributed by atoms with E-state index in [4.69, 9.17) is 5.11 Å². The average Bonchev–Trinajstić information content (AvgIpc) is 2.61. The molecule has 0 aliphatic carbocycles. The zero-order chi connectivity index (χ0) is 11.4. The van der Waals surface area contributed by atoms with E-state index in [1.54, 1.807) is 12.2 Å². The Morgan fingerprint density at radius 1 is 1.80 bits per heavy atom. The minimum absolute atomic E-state index is 0.0693. The van der Waals surface area contributed by atoms with Crippen molar-refractivity contribution in [2.45, 2.75) is 0 Å². The number of aliphatic carboxylic acids is 1. The quantitative estimate of drug-likeness (QED) is 0.234. The standard InChI is InChI=1S/C9H12N2O4/c1-10(14)8-4-3-5-11(8)7(6-15-2)9(12)13/h3-4,6H,5H2,1-2H3,(H,12,13). The Labute approximate surface area is 87.0 Å². The molecule has 0 amide bonds. The normalized spacial score (nSPS) is 19.3. The molecule has 1 aliphatic rings. The maximum Gasteiger partial charge on any atom is 0.379 e. The zero-order valence-electron chi connectivity index (χ0n) is 8.51. The Balaban J connectivity index is 3.02. The van der Waals surface area contributed by atoms with Gasteiger partial charge >= 0.3 is 5.97 Å². The van der Waals surface area contributed by atoms with Crippen LogP contribution in [0.1, 0.15) is 0 Å². The van der Waals surface area contributed by atoms with Crippen LogP contribution in [-0.2, 0) is 9.53 Å². The van der Waals surface area contributed by atoms with Gasteiger partial charge < -0.3 is 15.1 Å². The van der Waals surface area contributed by atoms with Crippen molar-refractivity contribution in [1.82, 2.24) is 4.90 Å². The molecule has 0 saturated heterocycles. The lowest BCUT2D eigenvalue weighted by Gasteiger charge is -2.15. The van der Waals surface area contributed by atoms with E-state index in [-0.39, 0.29) is 11.5 Å². The van der Waals surface area contributed by atoms with Gasteiger partial charge in [-0.2, -0.15) is 0 Å². The van der Waals surface area contributed by atoms with E-state index < -0.39 is 5.97 Å². The van der Waals surface area contributed by atoms with Crippen LogP contribution in [0.3, 0.4) is 0 Å². The van der Waals surface area contributed by atoms with Gasteiger partial charge in [-0.25, -0.2) is 9.69 Å². The van der Waals surface area contributed by atoms with Crippen LogP contribution in [-0.4, -0.2) is 47.3 Å². The molecule has 0 aromatic rings. The number of methoxy groups -OCH3 is 1. The first-order valence-corrected chi connectivity index (χ1v) is 4.26. The number of nitrogens with zero attached hydrogens (tertiary/aromatic N) is 2. The first kappa shape index (κ1) is 11.1. The Morgan fingerprint density at radius 3 is 2.93 bits per heavy atom. The van der Waals surface area contributed by atoms with Crippen molar-refractivity contribution >= 4 is 11.8 Å². The first-order chi connectivity index (χ1) is 7.07. The second-order valence-electron chi connectivity index (χ2n) is 2.91. The molecule has 82 valence electrons. The third-order valence-electron chi connectivity index (χ3n) is 1.89. The number of carboxylic acid groups (broad SMARTS) is 1. The zero-order valence-corrected chi connectivity index (χ0v) is 8.51. The van der Waals surface area contributed by atoms with Crippen LogP contribution >= 0.6 is 0 Å². The number of carbonyl (C=O) groups is 1. The monoisotopic (exact) mass is 212 g/mol. The van der Waals surface area contributed by atoms with E-state index in [1.807, 2.05) is 0 Å². The Morgan fingerprint density at radius 2 is 2.47 bits per heavy atom. The Bertz CT molecular complexity index is 353. The summed E-state index contributed by atoms with van der Waals surface area (Å²) in [6.07, 6.45) is 4.37. The van der Waals surface area contributed by atoms with Crippen LogP contribution in [0.4, 0.5) is 0 Å². The molecule has 6 nitrogen and oxygen atoms in total. The molecule has 0 aromatic carbocycles. The Hall–Kier alpha value is -1.98. The number of hydrogen-bond acceptors (Lipinski definition) is 3. The Kier molecular flexibility index (Phi) is 3.33. The predicted molar refractivity (Wildman–Crippen MR) is 53.1 cm³/mol. The van der Waals surface area contributed by atoms with Gasteiger partial charge in [-0.1, -0.05) is 0 Å².